The summed E-state index contributed by atoms with van der Waals surface area (Å²) in [6.45, 7) is 0. The summed E-state index contributed by atoms with van der Waals surface area (Å²) in [5.74, 6) is 1.79. The Hall–Kier alpha value is -7.78. The van der Waals surface area contributed by atoms with E-state index in [1.807, 2.05) is 174 Å². The van der Waals surface area contributed by atoms with E-state index in [1.54, 1.807) is 0 Å². The van der Waals surface area contributed by atoms with Crippen molar-refractivity contribution in [3.05, 3.63) is 194 Å². The van der Waals surface area contributed by atoms with Gasteiger partial charge in [0.05, 0.1) is 33.7 Å². The van der Waals surface area contributed by atoms with Crippen LogP contribution in [0.25, 0.3) is 95.6 Å². The first-order valence-corrected chi connectivity index (χ1v) is 19.0. The molecule has 0 saturated heterocycles. The standard InChI is InChI=1S/C50H31F3N6/c51-50(52,53)37-26-28-44-39(30-37)38-23-13-14-24-43(38)59(44)45-27-25-36(48-54-41(32-15-5-1-6-16-32)31-42(55-48)33-17-7-2-8-18-33)29-40(45)49-57-46(34-19-9-3-10-20-34)56-47(58-49)35-21-11-4-12-22-35/h1-31H. The van der Waals surface area contributed by atoms with Gasteiger partial charge in [-0.25, -0.2) is 24.9 Å². The first-order valence-electron chi connectivity index (χ1n) is 19.0. The molecule has 0 atom stereocenters. The van der Waals surface area contributed by atoms with Crippen molar-refractivity contribution < 1.29 is 13.2 Å². The maximum atomic E-state index is 14.1. The van der Waals surface area contributed by atoms with Crippen molar-refractivity contribution in [1.29, 1.82) is 0 Å². The summed E-state index contributed by atoms with van der Waals surface area (Å²) in [5, 5.41) is 1.16. The number of hydrogen-bond donors (Lipinski definition) is 0. The average Bonchev–Trinajstić information content (AvgIpc) is 3.63. The first-order chi connectivity index (χ1) is 28.9. The average molecular weight is 773 g/mol. The number of rotatable bonds is 7. The van der Waals surface area contributed by atoms with Gasteiger partial charge in [-0.15, -0.1) is 0 Å². The van der Waals surface area contributed by atoms with Crippen LogP contribution < -0.4 is 0 Å². The number of fused-ring (bicyclic) bond motifs is 3. The van der Waals surface area contributed by atoms with Gasteiger partial charge in [-0.1, -0.05) is 140 Å². The molecule has 0 fully saturated rings. The van der Waals surface area contributed by atoms with Crippen molar-refractivity contribution in [2.45, 2.75) is 6.18 Å². The van der Waals surface area contributed by atoms with E-state index in [2.05, 4.69) is 0 Å². The molecule has 6 nitrogen and oxygen atoms in total. The van der Waals surface area contributed by atoms with E-state index in [-0.39, 0.29) is 0 Å². The fourth-order valence-corrected chi connectivity index (χ4v) is 7.48. The Morgan fingerprint density at radius 3 is 1.39 bits per heavy atom. The van der Waals surface area contributed by atoms with E-state index >= 15 is 0 Å². The predicted octanol–water partition coefficient (Wildman–Crippen LogP) is 12.8. The minimum Gasteiger partial charge on any atom is -0.309 e. The number of para-hydroxylation sites is 1. The van der Waals surface area contributed by atoms with Crippen LogP contribution in [0.3, 0.4) is 0 Å². The molecule has 0 amide bonds. The number of hydrogen-bond acceptors (Lipinski definition) is 5. The van der Waals surface area contributed by atoms with E-state index in [0.29, 0.717) is 56.4 Å². The molecule has 0 unspecified atom stereocenters. The maximum absolute atomic E-state index is 14.1. The Bertz CT molecular complexity index is 3020. The van der Waals surface area contributed by atoms with Gasteiger partial charge >= 0.3 is 6.18 Å². The number of halogens is 3. The van der Waals surface area contributed by atoms with Gasteiger partial charge < -0.3 is 4.57 Å². The van der Waals surface area contributed by atoms with Crippen LogP contribution in [-0.2, 0) is 6.18 Å². The van der Waals surface area contributed by atoms with Gasteiger partial charge in [-0.3, -0.25) is 0 Å². The third-order valence-electron chi connectivity index (χ3n) is 10.3. The zero-order valence-electron chi connectivity index (χ0n) is 31.2. The van der Waals surface area contributed by atoms with Crippen LogP contribution in [-0.4, -0.2) is 29.5 Å². The molecular weight excluding hydrogens is 742 g/mol. The second kappa shape index (κ2) is 14.6. The topological polar surface area (TPSA) is 69.4 Å². The van der Waals surface area contributed by atoms with Crippen LogP contribution in [0.4, 0.5) is 13.2 Å². The molecule has 282 valence electrons. The molecule has 0 radical (unpaired) electrons. The highest BCUT2D eigenvalue weighted by Gasteiger charge is 2.31. The van der Waals surface area contributed by atoms with Crippen LogP contribution in [0.1, 0.15) is 5.56 Å². The summed E-state index contributed by atoms with van der Waals surface area (Å²) < 4.78 is 44.4. The summed E-state index contributed by atoms with van der Waals surface area (Å²) in [5.41, 5.74) is 7.55. The van der Waals surface area contributed by atoms with Crippen LogP contribution in [0.15, 0.2) is 188 Å². The largest absolute Gasteiger partial charge is 0.416 e. The van der Waals surface area contributed by atoms with Crippen LogP contribution in [0.5, 0.6) is 0 Å². The molecule has 10 aromatic rings. The second-order valence-corrected chi connectivity index (χ2v) is 14.0. The number of nitrogens with zero attached hydrogens (tertiary/aromatic N) is 6. The monoisotopic (exact) mass is 772 g/mol. The Balaban J connectivity index is 1.27. The summed E-state index contributed by atoms with van der Waals surface area (Å²) in [7, 11) is 0. The predicted molar refractivity (Wildman–Crippen MR) is 227 cm³/mol. The molecule has 3 aromatic heterocycles. The third kappa shape index (κ3) is 6.78. The van der Waals surface area contributed by atoms with Crippen LogP contribution >= 0.6 is 0 Å². The molecule has 0 bridgehead atoms. The van der Waals surface area contributed by atoms with Gasteiger partial charge in [-0.2, -0.15) is 13.2 Å². The van der Waals surface area contributed by atoms with Crippen molar-refractivity contribution in [2.24, 2.45) is 0 Å². The minimum atomic E-state index is -4.51. The van der Waals surface area contributed by atoms with Gasteiger partial charge in [0, 0.05) is 44.2 Å². The van der Waals surface area contributed by atoms with Crippen LogP contribution in [0, 0.1) is 0 Å². The highest BCUT2D eigenvalue weighted by Crippen LogP contribution is 2.40. The molecule has 59 heavy (non-hydrogen) atoms. The van der Waals surface area contributed by atoms with Crippen molar-refractivity contribution in [3.63, 3.8) is 0 Å². The van der Waals surface area contributed by atoms with Crippen molar-refractivity contribution >= 4 is 21.8 Å². The lowest BCUT2D eigenvalue weighted by Gasteiger charge is -2.17. The highest BCUT2D eigenvalue weighted by atomic mass is 19.4. The quantitative estimate of drug-likeness (QED) is 0.161. The summed E-state index contributed by atoms with van der Waals surface area (Å²) >= 11 is 0. The van der Waals surface area contributed by atoms with Crippen molar-refractivity contribution in [2.75, 3.05) is 0 Å². The molecule has 0 spiro atoms. The normalized spacial score (nSPS) is 11.6. The molecule has 0 aliphatic carbocycles. The number of benzene rings is 7. The molecule has 0 N–H and O–H groups in total. The molecule has 10 rings (SSSR count). The smallest absolute Gasteiger partial charge is 0.309 e. The lowest BCUT2D eigenvalue weighted by Crippen LogP contribution is -2.05. The Morgan fingerprint density at radius 1 is 0.356 bits per heavy atom. The van der Waals surface area contributed by atoms with Crippen molar-refractivity contribution in [1.82, 2.24) is 29.5 Å². The van der Waals surface area contributed by atoms with Gasteiger partial charge in [0.25, 0.3) is 0 Å². The molecule has 0 saturated carbocycles. The lowest BCUT2D eigenvalue weighted by atomic mass is 10.0. The van der Waals surface area contributed by atoms with E-state index in [0.717, 1.165) is 45.2 Å². The molecule has 9 heteroatoms. The van der Waals surface area contributed by atoms with Crippen molar-refractivity contribution in [3.8, 4) is 73.8 Å². The minimum absolute atomic E-state index is 0.370. The van der Waals surface area contributed by atoms with Gasteiger partial charge in [0.15, 0.2) is 23.3 Å². The van der Waals surface area contributed by atoms with E-state index in [1.165, 1.54) is 12.1 Å². The molecule has 7 aromatic carbocycles. The van der Waals surface area contributed by atoms with E-state index in [4.69, 9.17) is 24.9 Å². The van der Waals surface area contributed by atoms with E-state index < -0.39 is 11.7 Å². The van der Waals surface area contributed by atoms with Gasteiger partial charge in [-0.05, 0) is 48.5 Å². The molecular formula is C50H31F3N6. The third-order valence-corrected chi connectivity index (χ3v) is 10.3. The molecule has 3 heterocycles. The number of alkyl halides is 3. The summed E-state index contributed by atoms with van der Waals surface area (Å²) in [4.78, 5) is 25.4. The summed E-state index contributed by atoms with van der Waals surface area (Å²) in [6.07, 6.45) is -4.51. The molecule has 0 aliphatic rings. The SMILES string of the molecule is FC(F)(F)c1ccc2c(c1)c1ccccc1n2-c1ccc(-c2nc(-c3ccccc3)cc(-c3ccccc3)n2)cc1-c1nc(-c2ccccc2)nc(-c2ccccc2)n1. The Morgan fingerprint density at radius 2 is 0.831 bits per heavy atom. The fraction of sp³-hybridized carbons (Fsp3) is 0.0200. The highest BCUT2D eigenvalue weighted by molar-refractivity contribution is 6.10. The second-order valence-electron chi connectivity index (χ2n) is 14.0. The number of aromatic nitrogens is 6. The summed E-state index contributed by atoms with van der Waals surface area (Å²) in [6, 6.07) is 58.5. The zero-order valence-corrected chi connectivity index (χ0v) is 31.2. The fourth-order valence-electron chi connectivity index (χ4n) is 7.48. The Kier molecular flexibility index (Phi) is 8.83. The first kappa shape index (κ1) is 35.6. The van der Waals surface area contributed by atoms with Gasteiger partial charge in [0.1, 0.15) is 0 Å². The molecule has 0 aliphatic heterocycles. The zero-order chi connectivity index (χ0) is 39.9. The Labute approximate surface area is 337 Å². The van der Waals surface area contributed by atoms with Gasteiger partial charge in [0.2, 0.25) is 0 Å². The maximum Gasteiger partial charge on any atom is 0.416 e. The van der Waals surface area contributed by atoms with Crippen LogP contribution in [0.2, 0.25) is 0 Å². The lowest BCUT2D eigenvalue weighted by molar-refractivity contribution is -0.137. The van der Waals surface area contributed by atoms with E-state index in [9.17, 15) is 13.2 Å².